The van der Waals surface area contributed by atoms with Gasteiger partial charge in [-0.15, -0.1) is 0 Å². The molecule has 1 heterocycles. The Morgan fingerprint density at radius 3 is 2.59 bits per heavy atom. The standard InChI is InChI=1S/C15H17NO/c1-12(2)14-8-15(10-16-9-14)17-11-13-6-4-3-5-7-13/h3-10,12H,11H2,1-2H3. The lowest BCUT2D eigenvalue weighted by Gasteiger charge is -2.09. The maximum atomic E-state index is 5.72. The molecule has 0 saturated heterocycles. The number of rotatable bonds is 4. The fraction of sp³-hybridized carbons (Fsp3) is 0.267. The molecule has 1 aromatic heterocycles. The Morgan fingerprint density at radius 1 is 1.12 bits per heavy atom. The lowest BCUT2D eigenvalue weighted by molar-refractivity contribution is 0.304. The summed E-state index contributed by atoms with van der Waals surface area (Å²) in [7, 11) is 0. The molecule has 0 aliphatic carbocycles. The van der Waals surface area contributed by atoms with Crippen LogP contribution in [0, 0.1) is 0 Å². The molecule has 2 heteroatoms. The number of aromatic nitrogens is 1. The molecule has 0 saturated carbocycles. The summed E-state index contributed by atoms with van der Waals surface area (Å²) in [5.74, 6) is 1.31. The van der Waals surface area contributed by atoms with E-state index in [2.05, 4.69) is 37.0 Å². The fourth-order valence-corrected chi connectivity index (χ4v) is 1.57. The molecule has 0 radical (unpaired) electrons. The summed E-state index contributed by atoms with van der Waals surface area (Å²) in [5, 5.41) is 0. The normalized spacial score (nSPS) is 10.5. The molecule has 0 spiro atoms. The number of pyridine rings is 1. The largest absolute Gasteiger partial charge is 0.487 e. The predicted molar refractivity (Wildman–Crippen MR) is 69.1 cm³/mol. The van der Waals surface area contributed by atoms with Gasteiger partial charge in [0.1, 0.15) is 12.4 Å². The van der Waals surface area contributed by atoms with Crippen molar-refractivity contribution in [2.75, 3.05) is 0 Å². The Kier molecular flexibility index (Phi) is 3.76. The van der Waals surface area contributed by atoms with Crippen LogP contribution in [0.25, 0.3) is 0 Å². The van der Waals surface area contributed by atoms with Gasteiger partial charge in [0.2, 0.25) is 0 Å². The molecule has 2 rings (SSSR count). The molecule has 1 aromatic carbocycles. The van der Waals surface area contributed by atoms with Crippen molar-refractivity contribution in [3.63, 3.8) is 0 Å². The molecule has 0 N–H and O–H groups in total. The van der Waals surface area contributed by atoms with E-state index in [0.717, 1.165) is 5.75 Å². The van der Waals surface area contributed by atoms with Gasteiger partial charge >= 0.3 is 0 Å². The molecule has 2 nitrogen and oxygen atoms in total. The third-order valence-corrected chi connectivity index (χ3v) is 2.65. The van der Waals surface area contributed by atoms with Crippen molar-refractivity contribution in [2.24, 2.45) is 0 Å². The van der Waals surface area contributed by atoms with Crippen molar-refractivity contribution in [3.8, 4) is 5.75 Å². The van der Waals surface area contributed by atoms with Gasteiger partial charge in [0.25, 0.3) is 0 Å². The Labute approximate surface area is 102 Å². The molecule has 0 unspecified atom stereocenters. The lowest BCUT2D eigenvalue weighted by Crippen LogP contribution is -1.97. The number of ether oxygens (including phenoxy) is 1. The number of benzene rings is 1. The highest BCUT2D eigenvalue weighted by atomic mass is 16.5. The van der Waals surface area contributed by atoms with E-state index in [0.29, 0.717) is 12.5 Å². The topological polar surface area (TPSA) is 22.1 Å². The van der Waals surface area contributed by atoms with Crippen molar-refractivity contribution in [1.29, 1.82) is 0 Å². The van der Waals surface area contributed by atoms with Gasteiger partial charge < -0.3 is 4.74 Å². The summed E-state index contributed by atoms with van der Waals surface area (Å²) >= 11 is 0. The van der Waals surface area contributed by atoms with E-state index < -0.39 is 0 Å². The number of hydrogen-bond acceptors (Lipinski definition) is 2. The molecule has 88 valence electrons. The van der Waals surface area contributed by atoms with Gasteiger partial charge in [-0.2, -0.15) is 0 Å². The Morgan fingerprint density at radius 2 is 1.88 bits per heavy atom. The van der Waals surface area contributed by atoms with Crippen LogP contribution < -0.4 is 4.74 Å². The fourth-order valence-electron chi connectivity index (χ4n) is 1.57. The smallest absolute Gasteiger partial charge is 0.138 e. The minimum absolute atomic E-state index is 0.475. The van der Waals surface area contributed by atoms with E-state index in [9.17, 15) is 0 Å². The van der Waals surface area contributed by atoms with Gasteiger partial charge in [0, 0.05) is 6.20 Å². The van der Waals surface area contributed by atoms with E-state index >= 15 is 0 Å². The first-order chi connectivity index (χ1) is 8.25. The van der Waals surface area contributed by atoms with E-state index in [1.807, 2.05) is 24.4 Å². The molecule has 0 atom stereocenters. The zero-order valence-corrected chi connectivity index (χ0v) is 10.3. The second kappa shape index (κ2) is 5.48. The zero-order valence-electron chi connectivity index (χ0n) is 10.3. The first kappa shape index (κ1) is 11.6. The quantitative estimate of drug-likeness (QED) is 0.793. The van der Waals surface area contributed by atoms with Crippen LogP contribution in [0.5, 0.6) is 5.75 Å². The highest BCUT2D eigenvalue weighted by Gasteiger charge is 2.02. The van der Waals surface area contributed by atoms with Crippen LogP contribution in [0.1, 0.15) is 30.9 Å². The summed E-state index contributed by atoms with van der Waals surface area (Å²) in [6, 6.07) is 12.2. The average molecular weight is 227 g/mol. The van der Waals surface area contributed by atoms with Gasteiger partial charge in [-0.3, -0.25) is 4.98 Å². The van der Waals surface area contributed by atoms with Crippen LogP contribution in [-0.2, 0) is 6.61 Å². The molecular formula is C15H17NO. The Bertz CT molecular complexity index is 465. The summed E-state index contributed by atoms with van der Waals surface area (Å²) in [6.07, 6.45) is 3.65. The van der Waals surface area contributed by atoms with Crippen LogP contribution in [0.4, 0.5) is 0 Å². The van der Waals surface area contributed by atoms with Crippen LogP contribution in [0.3, 0.4) is 0 Å². The first-order valence-corrected chi connectivity index (χ1v) is 5.87. The molecule has 2 aromatic rings. The summed E-state index contributed by atoms with van der Waals surface area (Å²) < 4.78 is 5.72. The SMILES string of the molecule is CC(C)c1cncc(OCc2ccccc2)c1. The second-order valence-corrected chi connectivity index (χ2v) is 4.38. The Hall–Kier alpha value is -1.83. The van der Waals surface area contributed by atoms with Gasteiger partial charge in [0.05, 0.1) is 6.20 Å². The average Bonchev–Trinajstić information content (AvgIpc) is 2.38. The molecular weight excluding hydrogens is 210 g/mol. The van der Waals surface area contributed by atoms with Gasteiger partial charge in [0.15, 0.2) is 0 Å². The van der Waals surface area contributed by atoms with Crippen LogP contribution in [-0.4, -0.2) is 4.98 Å². The van der Waals surface area contributed by atoms with Crippen molar-refractivity contribution >= 4 is 0 Å². The summed E-state index contributed by atoms with van der Waals surface area (Å²) in [4.78, 5) is 4.19. The minimum atomic E-state index is 0.475. The number of nitrogens with zero attached hydrogens (tertiary/aromatic N) is 1. The first-order valence-electron chi connectivity index (χ1n) is 5.87. The summed E-state index contributed by atoms with van der Waals surface area (Å²) in [5.41, 5.74) is 2.37. The molecule has 0 amide bonds. The van der Waals surface area contributed by atoms with Crippen LogP contribution in [0.15, 0.2) is 48.8 Å². The van der Waals surface area contributed by atoms with E-state index in [1.165, 1.54) is 11.1 Å². The third kappa shape index (κ3) is 3.31. The maximum absolute atomic E-state index is 5.72. The van der Waals surface area contributed by atoms with E-state index in [-0.39, 0.29) is 0 Å². The van der Waals surface area contributed by atoms with Gasteiger partial charge in [-0.1, -0.05) is 44.2 Å². The van der Waals surface area contributed by atoms with Crippen LogP contribution >= 0.6 is 0 Å². The summed E-state index contributed by atoms with van der Waals surface area (Å²) in [6.45, 7) is 4.89. The zero-order chi connectivity index (χ0) is 12.1. The molecule has 0 bridgehead atoms. The molecule has 0 aliphatic heterocycles. The molecule has 0 aliphatic rings. The second-order valence-electron chi connectivity index (χ2n) is 4.38. The maximum Gasteiger partial charge on any atom is 0.138 e. The van der Waals surface area contributed by atoms with E-state index in [1.54, 1.807) is 6.20 Å². The van der Waals surface area contributed by atoms with E-state index in [4.69, 9.17) is 4.74 Å². The van der Waals surface area contributed by atoms with Gasteiger partial charge in [-0.25, -0.2) is 0 Å². The highest BCUT2D eigenvalue weighted by Crippen LogP contribution is 2.19. The predicted octanol–water partition coefficient (Wildman–Crippen LogP) is 3.78. The third-order valence-electron chi connectivity index (χ3n) is 2.65. The monoisotopic (exact) mass is 227 g/mol. The lowest BCUT2D eigenvalue weighted by atomic mass is 10.1. The minimum Gasteiger partial charge on any atom is -0.487 e. The van der Waals surface area contributed by atoms with Crippen molar-refractivity contribution in [3.05, 3.63) is 59.9 Å². The highest BCUT2D eigenvalue weighted by molar-refractivity contribution is 5.26. The van der Waals surface area contributed by atoms with Crippen molar-refractivity contribution in [2.45, 2.75) is 26.4 Å². The van der Waals surface area contributed by atoms with Crippen molar-refractivity contribution in [1.82, 2.24) is 4.98 Å². The number of hydrogen-bond donors (Lipinski definition) is 0. The van der Waals surface area contributed by atoms with Crippen LogP contribution in [0.2, 0.25) is 0 Å². The molecule has 0 fully saturated rings. The van der Waals surface area contributed by atoms with Crippen molar-refractivity contribution < 1.29 is 4.74 Å². The Balaban J connectivity index is 2.02. The molecule has 17 heavy (non-hydrogen) atoms. The van der Waals surface area contributed by atoms with Gasteiger partial charge in [-0.05, 0) is 23.1 Å².